The van der Waals surface area contributed by atoms with Crippen LogP contribution in [0.25, 0.3) is 0 Å². The second kappa shape index (κ2) is 7.79. The molecule has 20 heavy (non-hydrogen) atoms. The third-order valence-corrected chi connectivity index (χ3v) is 5.59. The lowest BCUT2D eigenvalue weighted by Gasteiger charge is -2.38. The van der Waals surface area contributed by atoms with E-state index in [1.54, 1.807) is 0 Å². The molecule has 0 aliphatic heterocycles. The Bertz CT molecular complexity index is 279. The van der Waals surface area contributed by atoms with E-state index in [4.69, 9.17) is 4.74 Å². The number of ether oxygens (including phenoxy) is 1. The van der Waals surface area contributed by atoms with Gasteiger partial charge in [0.15, 0.2) is 0 Å². The van der Waals surface area contributed by atoms with Crippen LogP contribution in [-0.4, -0.2) is 26.3 Å². The predicted molar refractivity (Wildman–Crippen MR) is 85.9 cm³/mol. The fourth-order valence-corrected chi connectivity index (χ4v) is 4.38. The summed E-state index contributed by atoms with van der Waals surface area (Å²) >= 11 is 0. The highest BCUT2D eigenvalue weighted by Crippen LogP contribution is 2.57. The topological polar surface area (TPSA) is 21.3 Å². The minimum atomic E-state index is 0.565. The van der Waals surface area contributed by atoms with Crippen LogP contribution in [0, 0.1) is 23.2 Å². The number of nitrogens with one attached hydrogen (secondary N) is 1. The maximum absolute atomic E-state index is 5.92. The van der Waals surface area contributed by atoms with E-state index >= 15 is 0 Å². The van der Waals surface area contributed by atoms with Crippen LogP contribution in [0.1, 0.15) is 65.7 Å². The molecule has 1 N–H and O–H groups in total. The van der Waals surface area contributed by atoms with Gasteiger partial charge in [-0.05, 0) is 68.2 Å². The molecule has 0 aromatic carbocycles. The summed E-state index contributed by atoms with van der Waals surface area (Å²) < 4.78 is 5.92. The zero-order chi connectivity index (χ0) is 14.4. The lowest BCUT2D eigenvalue weighted by Crippen LogP contribution is -2.40. The number of fused-ring (bicyclic) bond motifs is 2. The van der Waals surface area contributed by atoms with Gasteiger partial charge in [0, 0.05) is 19.8 Å². The predicted octanol–water partition coefficient (Wildman–Crippen LogP) is 4.25. The molecule has 3 unspecified atom stereocenters. The second-order valence-electron chi connectivity index (χ2n) is 7.66. The minimum absolute atomic E-state index is 0.565. The SMILES string of the molecule is CCCNCC1(CCOCCC(C)C)CC2CCC1C2. The summed E-state index contributed by atoms with van der Waals surface area (Å²) in [6, 6.07) is 0. The van der Waals surface area contributed by atoms with Crippen molar-refractivity contribution in [2.24, 2.45) is 23.2 Å². The Labute approximate surface area is 126 Å². The van der Waals surface area contributed by atoms with E-state index in [2.05, 4.69) is 26.1 Å². The second-order valence-corrected chi connectivity index (χ2v) is 7.66. The van der Waals surface area contributed by atoms with Crippen molar-refractivity contribution >= 4 is 0 Å². The first-order valence-corrected chi connectivity index (χ1v) is 8.95. The molecule has 118 valence electrons. The molecule has 2 heteroatoms. The van der Waals surface area contributed by atoms with Gasteiger partial charge in [-0.2, -0.15) is 0 Å². The summed E-state index contributed by atoms with van der Waals surface area (Å²) in [4.78, 5) is 0. The Morgan fingerprint density at radius 2 is 2.10 bits per heavy atom. The van der Waals surface area contributed by atoms with Crippen LogP contribution in [0.5, 0.6) is 0 Å². The first-order valence-electron chi connectivity index (χ1n) is 8.95. The Morgan fingerprint density at radius 3 is 2.70 bits per heavy atom. The Hall–Kier alpha value is -0.0800. The van der Waals surface area contributed by atoms with Gasteiger partial charge in [0.1, 0.15) is 0 Å². The Balaban J connectivity index is 1.75. The largest absolute Gasteiger partial charge is 0.381 e. The summed E-state index contributed by atoms with van der Waals surface area (Å²) in [5, 5.41) is 3.71. The zero-order valence-corrected chi connectivity index (χ0v) is 13.9. The van der Waals surface area contributed by atoms with Gasteiger partial charge in [0.2, 0.25) is 0 Å². The molecule has 0 radical (unpaired) electrons. The molecule has 0 aromatic heterocycles. The monoisotopic (exact) mass is 281 g/mol. The van der Waals surface area contributed by atoms with E-state index in [1.165, 1.54) is 58.0 Å². The molecule has 0 amide bonds. The van der Waals surface area contributed by atoms with Crippen molar-refractivity contribution < 1.29 is 4.74 Å². The molecule has 2 nitrogen and oxygen atoms in total. The smallest absolute Gasteiger partial charge is 0.0471 e. The minimum Gasteiger partial charge on any atom is -0.381 e. The summed E-state index contributed by atoms with van der Waals surface area (Å²) in [5.41, 5.74) is 0.565. The molecule has 2 aliphatic rings. The van der Waals surface area contributed by atoms with Gasteiger partial charge in [0.05, 0.1) is 0 Å². The quantitative estimate of drug-likeness (QED) is 0.605. The molecular weight excluding hydrogens is 246 g/mol. The number of hydrogen-bond acceptors (Lipinski definition) is 2. The third-order valence-electron chi connectivity index (χ3n) is 5.59. The molecule has 2 saturated carbocycles. The van der Waals surface area contributed by atoms with Gasteiger partial charge < -0.3 is 10.1 Å². The zero-order valence-electron chi connectivity index (χ0n) is 13.9. The highest BCUT2D eigenvalue weighted by atomic mass is 16.5. The van der Waals surface area contributed by atoms with Gasteiger partial charge >= 0.3 is 0 Å². The average molecular weight is 281 g/mol. The van der Waals surface area contributed by atoms with Gasteiger partial charge in [0.25, 0.3) is 0 Å². The standard InChI is InChI=1S/C18H35NO/c1-4-9-19-14-18(8-11-20-10-7-15(2)3)13-16-5-6-17(18)12-16/h15-17,19H,4-14H2,1-3H3. The van der Waals surface area contributed by atoms with Crippen molar-refractivity contribution in [3.05, 3.63) is 0 Å². The lowest BCUT2D eigenvalue weighted by molar-refractivity contribution is 0.0587. The van der Waals surface area contributed by atoms with E-state index in [1.807, 2.05) is 0 Å². The fourth-order valence-electron chi connectivity index (χ4n) is 4.38. The lowest BCUT2D eigenvalue weighted by atomic mass is 9.71. The van der Waals surface area contributed by atoms with Gasteiger partial charge in [-0.15, -0.1) is 0 Å². The first kappa shape index (κ1) is 16.3. The number of rotatable bonds is 10. The normalized spacial score (nSPS) is 32.4. The van der Waals surface area contributed by atoms with Crippen LogP contribution in [0.15, 0.2) is 0 Å². The van der Waals surface area contributed by atoms with Crippen LogP contribution in [0.4, 0.5) is 0 Å². The van der Waals surface area contributed by atoms with Crippen LogP contribution >= 0.6 is 0 Å². The molecule has 2 fully saturated rings. The van der Waals surface area contributed by atoms with Crippen LogP contribution in [-0.2, 0) is 4.74 Å². The van der Waals surface area contributed by atoms with Crippen molar-refractivity contribution in [1.29, 1.82) is 0 Å². The third kappa shape index (κ3) is 4.21. The molecule has 0 saturated heterocycles. The molecular formula is C18H35NO. The van der Waals surface area contributed by atoms with Gasteiger partial charge in [-0.1, -0.05) is 27.2 Å². The summed E-state index contributed by atoms with van der Waals surface area (Å²) in [5.74, 6) is 2.77. The first-order chi connectivity index (χ1) is 9.66. The van der Waals surface area contributed by atoms with Gasteiger partial charge in [-0.3, -0.25) is 0 Å². The van der Waals surface area contributed by atoms with Crippen molar-refractivity contribution in [3.8, 4) is 0 Å². The summed E-state index contributed by atoms with van der Waals surface area (Å²) in [6.45, 7) is 11.1. The molecule has 2 rings (SSSR count). The average Bonchev–Trinajstić information content (AvgIpc) is 2.99. The Kier molecular flexibility index (Phi) is 6.35. The van der Waals surface area contributed by atoms with E-state index in [0.29, 0.717) is 5.41 Å². The summed E-state index contributed by atoms with van der Waals surface area (Å²) in [7, 11) is 0. The Morgan fingerprint density at radius 1 is 1.25 bits per heavy atom. The van der Waals surface area contributed by atoms with E-state index < -0.39 is 0 Å². The molecule has 0 aromatic rings. The molecule has 3 atom stereocenters. The molecule has 2 aliphatic carbocycles. The fraction of sp³-hybridized carbons (Fsp3) is 1.00. The number of hydrogen-bond donors (Lipinski definition) is 1. The van der Waals surface area contributed by atoms with Crippen molar-refractivity contribution in [3.63, 3.8) is 0 Å². The molecule has 0 spiro atoms. The van der Waals surface area contributed by atoms with Gasteiger partial charge in [-0.25, -0.2) is 0 Å². The van der Waals surface area contributed by atoms with Crippen molar-refractivity contribution in [2.45, 2.75) is 65.7 Å². The maximum atomic E-state index is 5.92. The summed E-state index contributed by atoms with van der Waals surface area (Å²) in [6.07, 6.45) is 9.66. The van der Waals surface area contributed by atoms with Crippen LogP contribution in [0.3, 0.4) is 0 Å². The van der Waals surface area contributed by atoms with Crippen LogP contribution < -0.4 is 5.32 Å². The van der Waals surface area contributed by atoms with E-state index in [-0.39, 0.29) is 0 Å². The van der Waals surface area contributed by atoms with Crippen LogP contribution in [0.2, 0.25) is 0 Å². The van der Waals surface area contributed by atoms with Crippen molar-refractivity contribution in [2.75, 3.05) is 26.3 Å². The van der Waals surface area contributed by atoms with E-state index in [0.717, 1.165) is 31.0 Å². The van der Waals surface area contributed by atoms with E-state index in [9.17, 15) is 0 Å². The molecule has 2 bridgehead atoms. The maximum Gasteiger partial charge on any atom is 0.0471 e. The highest BCUT2D eigenvalue weighted by Gasteiger charge is 2.49. The molecule has 0 heterocycles. The van der Waals surface area contributed by atoms with Crippen molar-refractivity contribution in [1.82, 2.24) is 5.32 Å². The highest BCUT2D eigenvalue weighted by molar-refractivity contribution is 5.01.